The fraction of sp³-hybridized carbons (Fsp3) is 0.391. The van der Waals surface area contributed by atoms with E-state index in [1.807, 2.05) is 69.3 Å². The minimum absolute atomic E-state index is 0.0354. The molecule has 0 unspecified atom stereocenters. The third-order valence-electron chi connectivity index (χ3n) is 5.43. The molecule has 3 aromatic rings. The van der Waals surface area contributed by atoms with E-state index in [1.165, 1.54) is 0 Å². The van der Waals surface area contributed by atoms with Crippen molar-refractivity contribution in [2.75, 3.05) is 23.4 Å². The highest BCUT2D eigenvalue weighted by molar-refractivity contribution is 7.91. The lowest BCUT2D eigenvalue weighted by Gasteiger charge is -2.16. The fourth-order valence-electron chi connectivity index (χ4n) is 3.74. The molecule has 1 aliphatic rings. The van der Waals surface area contributed by atoms with Crippen LogP contribution in [0.25, 0.3) is 10.8 Å². The van der Waals surface area contributed by atoms with Crippen molar-refractivity contribution < 1.29 is 17.9 Å². The molecule has 2 aromatic carbocycles. The highest BCUT2D eigenvalue weighted by atomic mass is 32.2. The number of sulfone groups is 1. The van der Waals surface area contributed by atoms with Crippen molar-refractivity contribution in [3.05, 3.63) is 54.2 Å². The van der Waals surface area contributed by atoms with Crippen LogP contribution in [0.15, 0.2) is 48.5 Å². The molecule has 2 heterocycles. The molecule has 1 N–H and O–H groups in total. The maximum atomic E-state index is 12.7. The summed E-state index contributed by atoms with van der Waals surface area (Å²) in [6.45, 7) is 5.92. The number of fused-ring (bicyclic) bond motifs is 1. The number of anilines is 1. The number of benzene rings is 2. The van der Waals surface area contributed by atoms with Gasteiger partial charge in [-0.25, -0.2) is 13.1 Å². The van der Waals surface area contributed by atoms with E-state index in [0.29, 0.717) is 18.0 Å². The number of carbonyl (C=O) groups is 1. The standard InChI is InChI=1S/C23H27N3O4S/c1-23(2,3)20-13-21(26(25-20)17-11-12-31(28,29)15-17)24-22(27)14-30-19-10-6-8-16-7-4-5-9-18(16)19/h4-10,13,17H,11-12,14-15H2,1-3H3,(H,24,27)/t17-/m0/s1. The summed E-state index contributed by atoms with van der Waals surface area (Å²) < 4.78 is 31.4. The van der Waals surface area contributed by atoms with Crippen molar-refractivity contribution in [2.45, 2.75) is 38.6 Å². The molecule has 1 aliphatic heterocycles. The predicted molar refractivity (Wildman–Crippen MR) is 121 cm³/mol. The van der Waals surface area contributed by atoms with Crippen LogP contribution in [0.1, 0.15) is 38.9 Å². The Morgan fingerprint density at radius 2 is 1.94 bits per heavy atom. The van der Waals surface area contributed by atoms with Crippen LogP contribution in [0.2, 0.25) is 0 Å². The van der Waals surface area contributed by atoms with Gasteiger partial charge in [0.15, 0.2) is 16.4 Å². The van der Waals surface area contributed by atoms with Crippen LogP contribution in [0.5, 0.6) is 5.75 Å². The third-order valence-corrected chi connectivity index (χ3v) is 7.18. The van der Waals surface area contributed by atoms with Crippen molar-refractivity contribution in [2.24, 2.45) is 0 Å². The maximum Gasteiger partial charge on any atom is 0.263 e. The van der Waals surface area contributed by atoms with Gasteiger partial charge in [-0.05, 0) is 17.9 Å². The van der Waals surface area contributed by atoms with E-state index in [0.717, 1.165) is 16.5 Å². The first-order chi connectivity index (χ1) is 14.6. The fourth-order valence-corrected chi connectivity index (χ4v) is 5.44. The zero-order valence-electron chi connectivity index (χ0n) is 18.0. The molecule has 0 saturated carbocycles. The van der Waals surface area contributed by atoms with E-state index in [1.54, 1.807) is 4.68 Å². The molecule has 164 valence electrons. The normalized spacial score (nSPS) is 18.2. The lowest BCUT2D eigenvalue weighted by atomic mass is 9.92. The number of carbonyl (C=O) groups excluding carboxylic acids is 1. The van der Waals surface area contributed by atoms with Gasteiger partial charge in [-0.15, -0.1) is 0 Å². The van der Waals surface area contributed by atoms with Gasteiger partial charge in [0.25, 0.3) is 5.91 Å². The smallest absolute Gasteiger partial charge is 0.263 e. The van der Waals surface area contributed by atoms with Gasteiger partial charge in [0, 0.05) is 16.9 Å². The van der Waals surface area contributed by atoms with Crippen LogP contribution in [0.4, 0.5) is 5.82 Å². The summed E-state index contributed by atoms with van der Waals surface area (Å²) in [5.41, 5.74) is 0.559. The molecule has 1 aromatic heterocycles. The summed E-state index contributed by atoms with van der Waals surface area (Å²) in [5, 5.41) is 9.48. The monoisotopic (exact) mass is 441 g/mol. The van der Waals surface area contributed by atoms with E-state index >= 15 is 0 Å². The number of hydrogen-bond acceptors (Lipinski definition) is 5. The molecule has 4 rings (SSSR count). The number of hydrogen-bond donors (Lipinski definition) is 1. The lowest BCUT2D eigenvalue weighted by molar-refractivity contribution is -0.118. The maximum absolute atomic E-state index is 12.7. The van der Waals surface area contributed by atoms with Gasteiger partial charge in [0.05, 0.1) is 23.2 Å². The molecule has 1 amide bonds. The van der Waals surface area contributed by atoms with Crippen molar-refractivity contribution in [3.63, 3.8) is 0 Å². The lowest BCUT2D eigenvalue weighted by Crippen LogP contribution is -2.24. The molecule has 0 bridgehead atoms. The summed E-state index contributed by atoms with van der Waals surface area (Å²) in [5.74, 6) is 0.987. The first kappa shape index (κ1) is 21.4. The Labute approximate surface area is 182 Å². The summed E-state index contributed by atoms with van der Waals surface area (Å²) in [7, 11) is -3.08. The summed E-state index contributed by atoms with van der Waals surface area (Å²) in [4.78, 5) is 12.7. The zero-order chi connectivity index (χ0) is 22.2. The number of aromatic nitrogens is 2. The van der Waals surface area contributed by atoms with E-state index in [2.05, 4.69) is 10.4 Å². The summed E-state index contributed by atoms with van der Waals surface area (Å²) in [6, 6.07) is 15.1. The van der Waals surface area contributed by atoms with Gasteiger partial charge in [-0.3, -0.25) is 4.79 Å². The average Bonchev–Trinajstić information content (AvgIpc) is 3.29. The molecule has 8 heteroatoms. The van der Waals surface area contributed by atoms with Gasteiger partial charge in [-0.2, -0.15) is 5.10 Å². The third kappa shape index (κ3) is 4.74. The van der Waals surface area contributed by atoms with Gasteiger partial charge in [0.1, 0.15) is 11.6 Å². The second-order valence-electron chi connectivity index (χ2n) is 8.98. The van der Waals surface area contributed by atoms with Crippen LogP contribution in [-0.2, 0) is 20.0 Å². The molecule has 1 atom stereocenters. The van der Waals surface area contributed by atoms with E-state index < -0.39 is 9.84 Å². The van der Waals surface area contributed by atoms with Crippen molar-refractivity contribution >= 4 is 32.3 Å². The number of nitrogens with one attached hydrogen (secondary N) is 1. The Kier molecular flexibility index (Phi) is 5.51. The Hall–Kier alpha value is -2.87. The molecular formula is C23H27N3O4S. The van der Waals surface area contributed by atoms with Gasteiger partial charge >= 0.3 is 0 Å². The van der Waals surface area contributed by atoms with Gasteiger partial charge in [-0.1, -0.05) is 57.2 Å². The average molecular weight is 442 g/mol. The molecular weight excluding hydrogens is 414 g/mol. The Morgan fingerprint density at radius 1 is 1.19 bits per heavy atom. The first-order valence-corrected chi connectivity index (χ1v) is 12.2. The highest BCUT2D eigenvalue weighted by Gasteiger charge is 2.32. The SMILES string of the molecule is CC(C)(C)c1cc(NC(=O)COc2cccc3ccccc23)n([C@H]2CCS(=O)(=O)C2)n1. The number of rotatable bonds is 5. The Bertz CT molecular complexity index is 1220. The van der Waals surface area contributed by atoms with E-state index in [-0.39, 0.29) is 35.5 Å². The van der Waals surface area contributed by atoms with Gasteiger partial charge in [0.2, 0.25) is 0 Å². The number of ether oxygens (including phenoxy) is 1. The molecule has 1 saturated heterocycles. The topological polar surface area (TPSA) is 90.3 Å². The first-order valence-electron chi connectivity index (χ1n) is 10.3. The van der Waals surface area contributed by atoms with Crippen LogP contribution < -0.4 is 10.1 Å². The van der Waals surface area contributed by atoms with Crippen LogP contribution in [0, 0.1) is 0 Å². The van der Waals surface area contributed by atoms with E-state index in [9.17, 15) is 13.2 Å². The van der Waals surface area contributed by atoms with Crippen LogP contribution >= 0.6 is 0 Å². The largest absolute Gasteiger partial charge is 0.483 e. The Morgan fingerprint density at radius 3 is 2.65 bits per heavy atom. The molecule has 0 spiro atoms. The van der Waals surface area contributed by atoms with Crippen LogP contribution in [0.3, 0.4) is 0 Å². The quantitative estimate of drug-likeness (QED) is 0.652. The molecule has 7 nitrogen and oxygen atoms in total. The number of nitrogens with zero attached hydrogens (tertiary/aromatic N) is 2. The molecule has 31 heavy (non-hydrogen) atoms. The van der Waals surface area contributed by atoms with Crippen molar-refractivity contribution in [3.8, 4) is 5.75 Å². The van der Waals surface area contributed by atoms with Crippen molar-refractivity contribution in [1.29, 1.82) is 0 Å². The Balaban J connectivity index is 1.52. The molecule has 1 fully saturated rings. The second-order valence-corrected chi connectivity index (χ2v) is 11.2. The summed E-state index contributed by atoms with van der Waals surface area (Å²) in [6.07, 6.45) is 0.489. The minimum atomic E-state index is -3.08. The second kappa shape index (κ2) is 8.00. The van der Waals surface area contributed by atoms with Crippen molar-refractivity contribution in [1.82, 2.24) is 9.78 Å². The number of amides is 1. The molecule has 0 radical (unpaired) electrons. The molecule has 0 aliphatic carbocycles. The van der Waals surface area contributed by atoms with E-state index in [4.69, 9.17) is 4.74 Å². The predicted octanol–water partition coefficient (Wildman–Crippen LogP) is 3.71. The zero-order valence-corrected chi connectivity index (χ0v) is 18.8. The van der Waals surface area contributed by atoms with Crippen LogP contribution in [-0.4, -0.2) is 42.2 Å². The summed E-state index contributed by atoms with van der Waals surface area (Å²) >= 11 is 0. The highest BCUT2D eigenvalue weighted by Crippen LogP contribution is 2.31. The van der Waals surface area contributed by atoms with Gasteiger partial charge < -0.3 is 10.1 Å². The minimum Gasteiger partial charge on any atom is -0.483 e.